The Morgan fingerprint density at radius 1 is 1.17 bits per heavy atom. The Bertz CT molecular complexity index is 999. The van der Waals surface area contributed by atoms with Gasteiger partial charge in [0, 0.05) is 18.2 Å². The summed E-state index contributed by atoms with van der Waals surface area (Å²) < 4.78 is 39.5. The zero-order valence-electron chi connectivity index (χ0n) is 15.2. The first-order valence-electron chi connectivity index (χ1n) is 9.01. The Morgan fingerprint density at radius 3 is 2.55 bits per heavy atom. The molecule has 150 valence electrons. The number of para-hydroxylation sites is 1. The maximum Gasteiger partial charge on any atom is 0.417 e. The van der Waals surface area contributed by atoms with Gasteiger partial charge in [-0.2, -0.15) is 18.3 Å². The summed E-state index contributed by atoms with van der Waals surface area (Å²) in [4.78, 5) is 16.2. The molecule has 9 heteroatoms. The first-order valence-corrected chi connectivity index (χ1v) is 10.00. The molecular formula is C20H17F3N4OS. The van der Waals surface area contributed by atoms with Crippen LogP contribution in [0.3, 0.4) is 0 Å². The van der Waals surface area contributed by atoms with Gasteiger partial charge in [0.15, 0.2) is 0 Å². The predicted molar refractivity (Wildman–Crippen MR) is 104 cm³/mol. The standard InChI is InChI=1S/C20H17F3N4OS/c21-20(22,23)14-8-9-19(24-11-14)29-12-18(28)25-17-10-16(13-6-7-13)26-27(17)15-4-2-1-3-5-15/h1-5,8-11,13H,6-7,12H2,(H,25,28). The summed E-state index contributed by atoms with van der Waals surface area (Å²) in [5, 5.41) is 7.82. The number of hydrogen-bond acceptors (Lipinski definition) is 4. The monoisotopic (exact) mass is 418 g/mol. The van der Waals surface area contributed by atoms with Crippen LogP contribution in [0.5, 0.6) is 0 Å². The van der Waals surface area contributed by atoms with Crippen molar-refractivity contribution in [3.63, 3.8) is 0 Å². The second kappa shape index (κ2) is 7.90. The third kappa shape index (κ3) is 4.79. The quantitative estimate of drug-likeness (QED) is 0.579. The van der Waals surface area contributed by atoms with Gasteiger partial charge in [-0.15, -0.1) is 0 Å². The van der Waals surface area contributed by atoms with E-state index in [2.05, 4.69) is 15.4 Å². The van der Waals surface area contributed by atoms with Gasteiger partial charge in [0.2, 0.25) is 5.91 Å². The topological polar surface area (TPSA) is 59.8 Å². The molecule has 1 aliphatic rings. The molecule has 1 saturated carbocycles. The molecule has 0 bridgehead atoms. The largest absolute Gasteiger partial charge is 0.417 e. The van der Waals surface area contributed by atoms with E-state index in [1.807, 2.05) is 36.4 Å². The highest BCUT2D eigenvalue weighted by Gasteiger charge is 2.31. The highest BCUT2D eigenvalue weighted by Crippen LogP contribution is 2.40. The van der Waals surface area contributed by atoms with E-state index in [-0.39, 0.29) is 11.7 Å². The normalized spacial score (nSPS) is 14.0. The summed E-state index contributed by atoms with van der Waals surface area (Å²) in [6, 6.07) is 13.6. The molecular weight excluding hydrogens is 401 g/mol. The highest BCUT2D eigenvalue weighted by atomic mass is 32.2. The van der Waals surface area contributed by atoms with Crippen LogP contribution >= 0.6 is 11.8 Å². The van der Waals surface area contributed by atoms with Crippen LogP contribution in [0.2, 0.25) is 0 Å². The Labute approximate surface area is 169 Å². The van der Waals surface area contributed by atoms with Crippen LogP contribution in [0.4, 0.5) is 19.0 Å². The van der Waals surface area contributed by atoms with E-state index >= 15 is 0 Å². The van der Waals surface area contributed by atoms with Gasteiger partial charge >= 0.3 is 6.18 Å². The van der Waals surface area contributed by atoms with E-state index in [4.69, 9.17) is 0 Å². The zero-order valence-corrected chi connectivity index (χ0v) is 16.0. The number of nitrogens with zero attached hydrogens (tertiary/aromatic N) is 3. The minimum Gasteiger partial charge on any atom is -0.310 e. The number of carbonyl (C=O) groups is 1. The number of anilines is 1. The maximum absolute atomic E-state index is 12.6. The van der Waals surface area contributed by atoms with Crippen LogP contribution in [0.15, 0.2) is 59.8 Å². The molecule has 0 saturated heterocycles. The van der Waals surface area contributed by atoms with Gasteiger partial charge in [-0.25, -0.2) is 9.67 Å². The Morgan fingerprint density at radius 2 is 1.93 bits per heavy atom. The van der Waals surface area contributed by atoms with E-state index in [1.165, 1.54) is 6.07 Å². The highest BCUT2D eigenvalue weighted by molar-refractivity contribution is 7.99. The molecule has 1 N–H and O–H groups in total. The minimum absolute atomic E-state index is 0.0249. The fourth-order valence-electron chi connectivity index (χ4n) is 2.78. The third-order valence-electron chi connectivity index (χ3n) is 4.41. The average molecular weight is 418 g/mol. The summed E-state index contributed by atoms with van der Waals surface area (Å²) in [5.41, 5.74) is 0.971. The molecule has 3 aromatic rings. The number of aromatic nitrogens is 3. The first kappa shape index (κ1) is 19.5. The summed E-state index contributed by atoms with van der Waals surface area (Å²) in [5.74, 6) is 0.749. The van der Waals surface area contributed by atoms with Crippen LogP contribution in [0, 0.1) is 0 Å². The van der Waals surface area contributed by atoms with Crippen molar-refractivity contribution in [2.24, 2.45) is 0 Å². The van der Waals surface area contributed by atoms with Crippen LogP contribution < -0.4 is 5.32 Å². The summed E-state index contributed by atoms with van der Waals surface area (Å²) >= 11 is 1.07. The summed E-state index contributed by atoms with van der Waals surface area (Å²) in [6.07, 6.45) is -1.47. The molecule has 1 amide bonds. The number of amides is 1. The van der Waals surface area contributed by atoms with Gasteiger partial charge in [-0.1, -0.05) is 30.0 Å². The lowest BCUT2D eigenvalue weighted by molar-refractivity contribution is -0.137. The lowest BCUT2D eigenvalue weighted by Crippen LogP contribution is -2.17. The van der Waals surface area contributed by atoms with Crippen LogP contribution in [0.25, 0.3) is 5.69 Å². The second-order valence-electron chi connectivity index (χ2n) is 6.70. The predicted octanol–water partition coefficient (Wildman–Crippen LogP) is 4.89. The van der Waals surface area contributed by atoms with Gasteiger partial charge in [0.05, 0.1) is 27.7 Å². The van der Waals surface area contributed by atoms with Crippen molar-refractivity contribution in [3.8, 4) is 5.69 Å². The summed E-state index contributed by atoms with van der Waals surface area (Å²) in [6.45, 7) is 0. The number of benzene rings is 1. The van der Waals surface area contributed by atoms with Crippen molar-refractivity contribution >= 4 is 23.5 Å². The van der Waals surface area contributed by atoms with Gasteiger partial charge in [0.25, 0.3) is 0 Å². The Hall–Kier alpha value is -2.81. The minimum atomic E-state index is -4.43. The van der Waals surface area contributed by atoms with Crippen molar-refractivity contribution in [3.05, 3.63) is 66.0 Å². The molecule has 2 aromatic heterocycles. The fourth-order valence-corrected chi connectivity index (χ4v) is 3.43. The number of rotatable bonds is 6. The lowest BCUT2D eigenvalue weighted by Gasteiger charge is -2.09. The molecule has 29 heavy (non-hydrogen) atoms. The second-order valence-corrected chi connectivity index (χ2v) is 7.69. The van der Waals surface area contributed by atoms with Crippen molar-refractivity contribution in [1.82, 2.24) is 14.8 Å². The number of thioether (sulfide) groups is 1. The molecule has 0 spiro atoms. The van der Waals surface area contributed by atoms with E-state index in [0.717, 1.165) is 48.2 Å². The van der Waals surface area contributed by atoms with Gasteiger partial charge in [-0.3, -0.25) is 4.79 Å². The van der Waals surface area contributed by atoms with Gasteiger partial charge in [0.1, 0.15) is 5.82 Å². The number of hydrogen-bond donors (Lipinski definition) is 1. The number of alkyl halides is 3. The van der Waals surface area contributed by atoms with Crippen molar-refractivity contribution in [1.29, 1.82) is 0 Å². The van der Waals surface area contributed by atoms with Crippen LogP contribution in [-0.2, 0) is 11.0 Å². The molecule has 0 unspecified atom stereocenters. The zero-order chi connectivity index (χ0) is 20.4. The molecule has 0 radical (unpaired) electrons. The molecule has 1 aliphatic carbocycles. The van der Waals surface area contributed by atoms with Crippen LogP contribution in [-0.4, -0.2) is 26.4 Å². The molecule has 5 nitrogen and oxygen atoms in total. The van der Waals surface area contributed by atoms with Crippen molar-refractivity contribution in [2.45, 2.75) is 30.0 Å². The molecule has 2 heterocycles. The van der Waals surface area contributed by atoms with Crippen molar-refractivity contribution < 1.29 is 18.0 Å². The maximum atomic E-state index is 12.6. The van der Waals surface area contributed by atoms with Gasteiger partial charge in [-0.05, 0) is 37.1 Å². The van der Waals surface area contributed by atoms with E-state index in [1.54, 1.807) is 4.68 Å². The van der Waals surface area contributed by atoms with E-state index in [0.29, 0.717) is 16.8 Å². The number of halogens is 3. The smallest absolute Gasteiger partial charge is 0.310 e. The molecule has 1 fully saturated rings. The molecule has 0 atom stereocenters. The molecule has 4 rings (SSSR count). The van der Waals surface area contributed by atoms with E-state index in [9.17, 15) is 18.0 Å². The van der Waals surface area contributed by atoms with E-state index < -0.39 is 11.7 Å². The first-order chi connectivity index (χ1) is 13.9. The summed E-state index contributed by atoms with van der Waals surface area (Å²) in [7, 11) is 0. The third-order valence-corrected chi connectivity index (χ3v) is 5.35. The molecule has 1 aromatic carbocycles. The SMILES string of the molecule is O=C(CSc1ccc(C(F)(F)F)cn1)Nc1cc(C2CC2)nn1-c1ccccc1. The Balaban J connectivity index is 1.43. The molecule has 0 aliphatic heterocycles. The van der Waals surface area contributed by atoms with Gasteiger partial charge < -0.3 is 5.32 Å². The number of pyridine rings is 1. The van der Waals surface area contributed by atoms with Crippen molar-refractivity contribution in [2.75, 3.05) is 11.1 Å². The lowest BCUT2D eigenvalue weighted by atomic mass is 10.3. The fraction of sp³-hybridized carbons (Fsp3) is 0.250. The average Bonchev–Trinajstić information content (AvgIpc) is 3.48. The Kier molecular flexibility index (Phi) is 5.31. The van der Waals surface area contributed by atoms with Crippen LogP contribution in [0.1, 0.15) is 30.0 Å². The number of carbonyl (C=O) groups excluding carboxylic acids is 1. The number of nitrogens with one attached hydrogen (secondary N) is 1.